The lowest BCUT2D eigenvalue weighted by Crippen LogP contribution is -2.21. The summed E-state index contributed by atoms with van der Waals surface area (Å²) in [4.78, 5) is 12.3. The van der Waals surface area contributed by atoms with E-state index in [0.29, 0.717) is 24.0 Å². The van der Waals surface area contributed by atoms with Gasteiger partial charge in [-0.25, -0.2) is 0 Å². The predicted octanol–water partition coefficient (Wildman–Crippen LogP) is 4.66. The fourth-order valence-corrected chi connectivity index (χ4v) is 4.59. The van der Waals surface area contributed by atoms with Gasteiger partial charge in [0, 0.05) is 11.6 Å². The Morgan fingerprint density at radius 1 is 1.24 bits per heavy atom. The Labute approximate surface area is 156 Å². The van der Waals surface area contributed by atoms with Crippen LogP contribution in [0.4, 0.5) is 5.13 Å². The first kappa shape index (κ1) is 18.2. The molecule has 1 N–H and O–H groups in total. The third kappa shape index (κ3) is 5.44. The van der Waals surface area contributed by atoms with Gasteiger partial charge >= 0.3 is 0 Å². The highest BCUT2D eigenvalue weighted by Crippen LogP contribution is 2.28. The predicted molar refractivity (Wildman–Crippen MR) is 103 cm³/mol. The number of hydrogen-bond acceptors (Lipinski definition) is 7. The second-order valence-electron chi connectivity index (χ2n) is 6.02. The topological polar surface area (TPSA) is 64.1 Å². The Morgan fingerprint density at radius 3 is 2.72 bits per heavy atom. The second kappa shape index (κ2) is 9.20. The Balaban J connectivity index is 1.48. The number of aromatic nitrogens is 2. The molecule has 1 fully saturated rings. The molecule has 5 nitrogen and oxygen atoms in total. The third-order valence-corrected chi connectivity index (χ3v) is 6.14. The molecule has 134 valence electrons. The summed E-state index contributed by atoms with van der Waals surface area (Å²) in [5.41, 5.74) is 0.695. The number of anilines is 1. The SMILES string of the molecule is CCOc1ccc(C(=O)CSc2nnc(NC3CCCCC3)s2)cc1. The Kier molecular flexibility index (Phi) is 6.69. The molecule has 1 aliphatic rings. The van der Waals surface area contributed by atoms with Gasteiger partial charge in [0.2, 0.25) is 5.13 Å². The first-order valence-electron chi connectivity index (χ1n) is 8.73. The van der Waals surface area contributed by atoms with Crippen LogP contribution >= 0.6 is 23.1 Å². The van der Waals surface area contributed by atoms with E-state index in [1.54, 1.807) is 0 Å². The number of nitrogens with zero attached hydrogens (tertiary/aromatic N) is 2. The molecule has 0 bridgehead atoms. The molecule has 2 aromatic rings. The molecule has 3 rings (SSSR count). The summed E-state index contributed by atoms with van der Waals surface area (Å²) in [6.45, 7) is 2.56. The summed E-state index contributed by atoms with van der Waals surface area (Å²) < 4.78 is 6.23. The molecule has 0 saturated heterocycles. The van der Waals surface area contributed by atoms with E-state index in [4.69, 9.17) is 4.74 Å². The molecule has 25 heavy (non-hydrogen) atoms. The molecule has 7 heteroatoms. The van der Waals surface area contributed by atoms with Crippen molar-refractivity contribution in [1.82, 2.24) is 10.2 Å². The van der Waals surface area contributed by atoms with Crippen molar-refractivity contribution in [2.45, 2.75) is 49.4 Å². The van der Waals surface area contributed by atoms with Gasteiger partial charge in [0.25, 0.3) is 0 Å². The van der Waals surface area contributed by atoms with Crippen LogP contribution in [0, 0.1) is 0 Å². The summed E-state index contributed by atoms with van der Waals surface area (Å²) >= 11 is 2.97. The third-order valence-electron chi connectivity index (χ3n) is 4.15. The average Bonchev–Trinajstić information content (AvgIpc) is 3.09. The molecule has 1 saturated carbocycles. The van der Waals surface area contributed by atoms with Gasteiger partial charge in [-0.05, 0) is 44.0 Å². The van der Waals surface area contributed by atoms with E-state index in [0.717, 1.165) is 15.2 Å². The van der Waals surface area contributed by atoms with Gasteiger partial charge in [-0.3, -0.25) is 4.79 Å². The molecule has 1 aliphatic carbocycles. The number of benzene rings is 1. The van der Waals surface area contributed by atoms with Crippen molar-refractivity contribution in [2.75, 3.05) is 17.7 Å². The number of carbonyl (C=O) groups is 1. The molecule has 0 radical (unpaired) electrons. The van der Waals surface area contributed by atoms with E-state index < -0.39 is 0 Å². The zero-order valence-electron chi connectivity index (χ0n) is 14.4. The number of thioether (sulfide) groups is 1. The fourth-order valence-electron chi connectivity index (χ4n) is 2.86. The number of ketones is 1. The van der Waals surface area contributed by atoms with E-state index in [9.17, 15) is 4.79 Å². The standard InChI is InChI=1S/C18H23N3O2S2/c1-2-23-15-10-8-13(9-11-15)16(22)12-24-18-21-20-17(25-18)19-14-6-4-3-5-7-14/h8-11,14H,2-7,12H2,1H3,(H,19,20). The lowest BCUT2D eigenvalue weighted by molar-refractivity contribution is 0.102. The summed E-state index contributed by atoms with van der Waals surface area (Å²) in [6, 6.07) is 7.80. The Hall–Kier alpha value is -1.60. The minimum Gasteiger partial charge on any atom is -0.494 e. The molecule has 1 heterocycles. The molecule has 0 atom stereocenters. The molecule has 0 amide bonds. The Morgan fingerprint density at radius 2 is 2.00 bits per heavy atom. The highest BCUT2D eigenvalue weighted by Gasteiger charge is 2.16. The maximum Gasteiger partial charge on any atom is 0.206 e. The fraction of sp³-hybridized carbons (Fsp3) is 0.500. The molecule has 0 aliphatic heterocycles. The summed E-state index contributed by atoms with van der Waals surface area (Å²) in [5.74, 6) is 1.24. The molecule has 1 aromatic heterocycles. The largest absolute Gasteiger partial charge is 0.494 e. The summed E-state index contributed by atoms with van der Waals surface area (Å²) in [5, 5.41) is 12.7. The number of rotatable bonds is 8. The minimum absolute atomic E-state index is 0.0880. The summed E-state index contributed by atoms with van der Waals surface area (Å²) in [6.07, 6.45) is 6.32. The number of Topliss-reactive ketones (excluding diaryl/α,β-unsaturated/α-hetero) is 1. The maximum absolute atomic E-state index is 12.3. The molecular weight excluding hydrogens is 354 g/mol. The van der Waals surface area contributed by atoms with Gasteiger partial charge in [0.05, 0.1) is 12.4 Å². The van der Waals surface area contributed by atoms with Gasteiger partial charge in [-0.1, -0.05) is 42.4 Å². The van der Waals surface area contributed by atoms with Crippen molar-refractivity contribution in [3.8, 4) is 5.75 Å². The normalized spacial score (nSPS) is 15.1. The van der Waals surface area contributed by atoms with Crippen LogP contribution in [0.3, 0.4) is 0 Å². The van der Waals surface area contributed by atoms with E-state index >= 15 is 0 Å². The molecular formula is C18H23N3O2S2. The van der Waals surface area contributed by atoms with Crippen LogP contribution in [0.1, 0.15) is 49.4 Å². The number of ether oxygens (including phenoxy) is 1. The summed E-state index contributed by atoms with van der Waals surface area (Å²) in [7, 11) is 0. The lowest BCUT2D eigenvalue weighted by Gasteiger charge is -2.21. The van der Waals surface area contributed by atoms with Crippen LogP contribution in [0.2, 0.25) is 0 Å². The highest BCUT2D eigenvalue weighted by molar-refractivity contribution is 8.01. The van der Waals surface area contributed by atoms with Gasteiger partial charge in [0.15, 0.2) is 10.1 Å². The van der Waals surface area contributed by atoms with Crippen LogP contribution in [0.25, 0.3) is 0 Å². The van der Waals surface area contributed by atoms with Gasteiger partial charge in [-0.2, -0.15) is 0 Å². The monoisotopic (exact) mass is 377 g/mol. The van der Waals surface area contributed by atoms with Crippen molar-refractivity contribution in [3.05, 3.63) is 29.8 Å². The zero-order valence-corrected chi connectivity index (χ0v) is 16.0. The van der Waals surface area contributed by atoms with Crippen LogP contribution in [-0.2, 0) is 0 Å². The Bertz CT molecular complexity index is 682. The lowest BCUT2D eigenvalue weighted by atomic mass is 9.96. The van der Waals surface area contributed by atoms with Crippen molar-refractivity contribution in [3.63, 3.8) is 0 Å². The number of hydrogen-bond donors (Lipinski definition) is 1. The molecule has 0 unspecified atom stereocenters. The second-order valence-corrected chi connectivity index (χ2v) is 8.22. The van der Waals surface area contributed by atoms with Crippen LogP contribution < -0.4 is 10.1 Å². The van der Waals surface area contributed by atoms with E-state index in [1.165, 1.54) is 55.2 Å². The first-order valence-corrected chi connectivity index (χ1v) is 10.5. The average molecular weight is 378 g/mol. The van der Waals surface area contributed by atoms with Gasteiger partial charge in [0.1, 0.15) is 5.75 Å². The smallest absolute Gasteiger partial charge is 0.206 e. The van der Waals surface area contributed by atoms with Crippen LogP contribution in [0.15, 0.2) is 28.6 Å². The maximum atomic E-state index is 12.3. The van der Waals surface area contributed by atoms with Gasteiger partial charge < -0.3 is 10.1 Å². The van der Waals surface area contributed by atoms with Crippen molar-refractivity contribution < 1.29 is 9.53 Å². The molecule has 0 spiro atoms. The molecule has 1 aromatic carbocycles. The van der Waals surface area contributed by atoms with E-state index in [1.807, 2.05) is 31.2 Å². The zero-order chi connectivity index (χ0) is 17.5. The van der Waals surface area contributed by atoms with E-state index in [-0.39, 0.29) is 5.78 Å². The van der Waals surface area contributed by atoms with Crippen LogP contribution in [0.5, 0.6) is 5.75 Å². The van der Waals surface area contributed by atoms with Gasteiger partial charge in [-0.15, -0.1) is 10.2 Å². The van der Waals surface area contributed by atoms with Crippen molar-refractivity contribution in [2.24, 2.45) is 0 Å². The highest BCUT2D eigenvalue weighted by atomic mass is 32.2. The van der Waals surface area contributed by atoms with Crippen molar-refractivity contribution in [1.29, 1.82) is 0 Å². The number of nitrogens with one attached hydrogen (secondary N) is 1. The first-order chi connectivity index (χ1) is 12.2. The van der Waals surface area contributed by atoms with Crippen LogP contribution in [-0.4, -0.2) is 34.4 Å². The number of carbonyl (C=O) groups excluding carboxylic acids is 1. The minimum atomic E-state index is 0.0880. The van der Waals surface area contributed by atoms with Crippen molar-refractivity contribution >= 4 is 34.0 Å². The van der Waals surface area contributed by atoms with E-state index in [2.05, 4.69) is 15.5 Å². The quantitative estimate of drug-likeness (QED) is 0.533.